The van der Waals surface area contributed by atoms with Gasteiger partial charge in [0.25, 0.3) is 5.91 Å². The minimum Gasteiger partial charge on any atom is -0.372 e. The molecule has 0 bridgehead atoms. The molecule has 0 atom stereocenters. The maximum absolute atomic E-state index is 12.1. The van der Waals surface area contributed by atoms with Crippen LogP contribution in [0.5, 0.6) is 0 Å². The van der Waals surface area contributed by atoms with Crippen LogP contribution in [0.1, 0.15) is 15.9 Å². The summed E-state index contributed by atoms with van der Waals surface area (Å²) in [6.45, 7) is 3.66. The Kier molecular flexibility index (Phi) is 2.39. The third kappa shape index (κ3) is 1.58. The Morgan fingerprint density at radius 2 is 1.80 bits per heavy atom. The van der Waals surface area contributed by atoms with Crippen molar-refractivity contribution in [3.63, 3.8) is 0 Å². The van der Waals surface area contributed by atoms with Crippen LogP contribution >= 0.6 is 0 Å². The van der Waals surface area contributed by atoms with E-state index < -0.39 is 0 Å². The van der Waals surface area contributed by atoms with Crippen molar-refractivity contribution in [2.24, 2.45) is 0 Å². The molecule has 1 heterocycles. The highest BCUT2D eigenvalue weighted by Gasteiger charge is 2.23. The van der Waals surface area contributed by atoms with Crippen molar-refractivity contribution in [2.75, 3.05) is 32.1 Å². The number of likely N-dealkylation sites (N-methyl/N-ethyl adjacent to an activating group) is 2. The molecule has 0 N–H and O–H groups in total. The van der Waals surface area contributed by atoms with Crippen LogP contribution < -0.4 is 4.90 Å². The Balaban J connectivity index is 2.60. The largest absolute Gasteiger partial charge is 0.372 e. The summed E-state index contributed by atoms with van der Waals surface area (Å²) in [4.78, 5) is 16.0. The van der Waals surface area contributed by atoms with E-state index in [-0.39, 0.29) is 5.91 Å². The molecule has 0 saturated heterocycles. The van der Waals surface area contributed by atoms with E-state index >= 15 is 0 Å². The quantitative estimate of drug-likeness (QED) is 0.639. The molecular weight excluding hydrogens is 188 g/mol. The molecule has 0 radical (unpaired) electrons. The molecule has 0 aliphatic carbocycles. The summed E-state index contributed by atoms with van der Waals surface area (Å²) in [6.07, 6.45) is 0. The first kappa shape index (κ1) is 10.0. The summed E-state index contributed by atoms with van der Waals surface area (Å²) in [7, 11) is 3.89. The zero-order chi connectivity index (χ0) is 11.0. The number of benzene rings is 1. The van der Waals surface area contributed by atoms with Crippen molar-refractivity contribution in [2.45, 2.75) is 6.92 Å². The molecule has 2 rings (SSSR count). The van der Waals surface area contributed by atoms with Gasteiger partial charge in [-0.2, -0.15) is 0 Å². The Morgan fingerprint density at radius 3 is 2.53 bits per heavy atom. The van der Waals surface area contributed by atoms with Crippen molar-refractivity contribution in [3.05, 3.63) is 29.3 Å². The Hall–Kier alpha value is -1.51. The Labute approximate surface area is 90.3 Å². The van der Waals surface area contributed by atoms with Gasteiger partial charge >= 0.3 is 0 Å². The molecule has 0 spiro atoms. The van der Waals surface area contributed by atoms with Gasteiger partial charge in [-0.1, -0.05) is 12.1 Å². The zero-order valence-electron chi connectivity index (χ0n) is 9.45. The van der Waals surface area contributed by atoms with Gasteiger partial charge in [0, 0.05) is 32.9 Å². The minimum atomic E-state index is 0.132. The van der Waals surface area contributed by atoms with Gasteiger partial charge < -0.3 is 9.80 Å². The summed E-state index contributed by atoms with van der Waals surface area (Å²) in [5, 5.41) is 0. The molecule has 1 aliphatic rings. The number of anilines is 1. The smallest absolute Gasteiger partial charge is 0.256 e. The first-order chi connectivity index (χ1) is 7.11. The molecule has 3 heteroatoms. The van der Waals surface area contributed by atoms with Crippen molar-refractivity contribution >= 4 is 11.6 Å². The molecule has 15 heavy (non-hydrogen) atoms. The number of hydrogen-bond donors (Lipinski definition) is 0. The summed E-state index contributed by atoms with van der Waals surface area (Å²) in [5.74, 6) is 0.132. The fraction of sp³-hybridized carbons (Fsp3) is 0.417. The van der Waals surface area contributed by atoms with Gasteiger partial charge in [0.1, 0.15) is 0 Å². The number of carbonyl (C=O) groups excluding carboxylic acids is 1. The molecular formula is C12H16N2O. The molecule has 0 unspecified atom stereocenters. The van der Waals surface area contributed by atoms with Gasteiger partial charge in [-0.05, 0) is 18.6 Å². The highest BCUT2D eigenvalue weighted by Crippen LogP contribution is 2.26. The van der Waals surface area contributed by atoms with E-state index in [4.69, 9.17) is 0 Å². The van der Waals surface area contributed by atoms with E-state index in [2.05, 4.69) is 4.90 Å². The second-order valence-corrected chi connectivity index (χ2v) is 4.12. The lowest BCUT2D eigenvalue weighted by Crippen LogP contribution is -2.30. The first-order valence-corrected chi connectivity index (χ1v) is 5.17. The summed E-state index contributed by atoms with van der Waals surface area (Å²) >= 11 is 0. The van der Waals surface area contributed by atoms with Crippen LogP contribution in [-0.4, -0.2) is 38.0 Å². The Morgan fingerprint density at radius 1 is 1.13 bits per heavy atom. The highest BCUT2D eigenvalue weighted by molar-refractivity contribution is 6.01. The molecule has 3 nitrogen and oxygen atoms in total. The number of hydrogen-bond acceptors (Lipinski definition) is 2. The fourth-order valence-electron chi connectivity index (χ4n) is 1.96. The molecule has 0 fully saturated rings. The lowest BCUT2D eigenvalue weighted by atomic mass is 10.1. The lowest BCUT2D eigenvalue weighted by molar-refractivity contribution is 0.0804. The summed E-state index contributed by atoms with van der Waals surface area (Å²) < 4.78 is 0. The van der Waals surface area contributed by atoms with Crippen LogP contribution in [0.3, 0.4) is 0 Å². The molecule has 0 aromatic heterocycles. The number of carbonyl (C=O) groups is 1. The van der Waals surface area contributed by atoms with Crippen LogP contribution in [0, 0.1) is 6.92 Å². The predicted octanol–water partition coefficient (Wildman–Crippen LogP) is 1.52. The third-order valence-electron chi connectivity index (χ3n) is 2.99. The van der Waals surface area contributed by atoms with Gasteiger partial charge in [-0.25, -0.2) is 0 Å². The zero-order valence-corrected chi connectivity index (χ0v) is 9.45. The normalized spacial score (nSPS) is 16.3. The van der Waals surface area contributed by atoms with E-state index in [0.717, 1.165) is 29.9 Å². The number of rotatable bonds is 0. The molecule has 1 amide bonds. The fourth-order valence-corrected chi connectivity index (χ4v) is 1.96. The Bertz CT molecular complexity index is 401. The van der Waals surface area contributed by atoms with Gasteiger partial charge in [0.15, 0.2) is 0 Å². The topological polar surface area (TPSA) is 23.6 Å². The minimum absolute atomic E-state index is 0.132. The maximum Gasteiger partial charge on any atom is 0.256 e. The molecule has 1 aromatic rings. The van der Waals surface area contributed by atoms with E-state index in [1.54, 1.807) is 4.90 Å². The number of amides is 1. The van der Waals surface area contributed by atoms with Crippen LogP contribution in [0.2, 0.25) is 0 Å². The molecule has 0 saturated carbocycles. The van der Waals surface area contributed by atoms with E-state index in [1.165, 1.54) is 0 Å². The molecule has 1 aromatic carbocycles. The van der Waals surface area contributed by atoms with Gasteiger partial charge in [0.05, 0.1) is 5.56 Å². The second kappa shape index (κ2) is 3.57. The molecule has 80 valence electrons. The maximum atomic E-state index is 12.1. The predicted molar refractivity (Wildman–Crippen MR) is 61.4 cm³/mol. The SMILES string of the molecule is Cc1cccc2c1C(=O)N(C)CCN2C. The molecule has 1 aliphatic heterocycles. The first-order valence-electron chi connectivity index (χ1n) is 5.17. The van der Waals surface area contributed by atoms with Crippen molar-refractivity contribution in [1.29, 1.82) is 0 Å². The van der Waals surface area contributed by atoms with Gasteiger partial charge in [-0.15, -0.1) is 0 Å². The standard InChI is InChI=1S/C12H16N2O/c1-9-5-4-6-10-11(9)12(15)14(3)8-7-13(10)2/h4-6H,7-8H2,1-3H3. The van der Waals surface area contributed by atoms with Crippen LogP contribution in [0.25, 0.3) is 0 Å². The van der Waals surface area contributed by atoms with Crippen LogP contribution in [0.4, 0.5) is 5.69 Å². The second-order valence-electron chi connectivity index (χ2n) is 4.12. The van der Waals surface area contributed by atoms with E-state index in [0.29, 0.717) is 0 Å². The summed E-state index contributed by atoms with van der Waals surface area (Å²) in [6, 6.07) is 6.01. The van der Waals surface area contributed by atoms with Gasteiger partial charge in [-0.3, -0.25) is 4.79 Å². The van der Waals surface area contributed by atoms with Crippen molar-refractivity contribution in [3.8, 4) is 0 Å². The highest BCUT2D eigenvalue weighted by atomic mass is 16.2. The monoisotopic (exact) mass is 204 g/mol. The van der Waals surface area contributed by atoms with Crippen LogP contribution in [0.15, 0.2) is 18.2 Å². The third-order valence-corrected chi connectivity index (χ3v) is 2.99. The van der Waals surface area contributed by atoms with Gasteiger partial charge in [0.2, 0.25) is 0 Å². The number of nitrogens with zero attached hydrogens (tertiary/aromatic N) is 2. The van der Waals surface area contributed by atoms with Crippen LogP contribution in [-0.2, 0) is 0 Å². The van der Waals surface area contributed by atoms with E-state index in [9.17, 15) is 4.79 Å². The average Bonchev–Trinajstić information content (AvgIpc) is 2.32. The number of fused-ring (bicyclic) bond motifs is 1. The summed E-state index contributed by atoms with van der Waals surface area (Å²) in [5.41, 5.74) is 2.95. The van der Waals surface area contributed by atoms with E-state index in [1.807, 2.05) is 39.2 Å². The average molecular weight is 204 g/mol. The van der Waals surface area contributed by atoms with Crippen molar-refractivity contribution < 1.29 is 4.79 Å². The van der Waals surface area contributed by atoms with Crippen molar-refractivity contribution in [1.82, 2.24) is 4.90 Å². The lowest BCUT2D eigenvalue weighted by Gasteiger charge is -2.18. The number of aryl methyl sites for hydroxylation is 1.